The van der Waals surface area contributed by atoms with Crippen LogP contribution in [0.15, 0.2) is 30.3 Å². The molecule has 0 aliphatic carbocycles. The zero-order valence-corrected chi connectivity index (χ0v) is 16.3. The van der Waals surface area contributed by atoms with Gasteiger partial charge in [0.05, 0.1) is 17.4 Å². The van der Waals surface area contributed by atoms with E-state index in [1.807, 2.05) is 26.8 Å². The monoisotopic (exact) mass is 439 g/mol. The molecule has 0 radical (unpaired) electrons. The first-order valence-corrected chi connectivity index (χ1v) is 9.22. The predicted octanol–water partition coefficient (Wildman–Crippen LogP) is 4.75. The maximum atomic E-state index is 12.4. The van der Waals surface area contributed by atoms with Crippen LogP contribution < -0.4 is 0 Å². The van der Waals surface area contributed by atoms with Crippen LogP contribution in [-0.4, -0.2) is 33.3 Å². The number of hydrogen-bond acceptors (Lipinski definition) is 3. The largest absolute Gasteiger partial charge is 0.444 e. The van der Waals surface area contributed by atoms with Crippen molar-refractivity contribution >= 4 is 28.7 Å². The van der Waals surface area contributed by atoms with Crippen LogP contribution in [0.5, 0.6) is 0 Å². The van der Waals surface area contributed by atoms with E-state index in [-0.39, 0.29) is 12.1 Å². The second-order valence-corrected chi connectivity index (χ2v) is 8.29. The van der Waals surface area contributed by atoms with Gasteiger partial charge in [-0.05, 0) is 74.4 Å². The van der Waals surface area contributed by atoms with Gasteiger partial charge in [-0.1, -0.05) is 12.1 Å². The summed E-state index contributed by atoms with van der Waals surface area (Å²) < 4.78 is 6.72. The van der Waals surface area contributed by atoms with Crippen molar-refractivity contribution in [3.63, 3.8) is 0 Å². The fraction of sp³-hybridized carbons (Fsp3) is 0.444. The molecule has 128 valence electrons. The van der Waals surface area contributed by atoms with Crippen molar-refractivity contribution in [2.24, 2.45) is 0 Å². The second kappa shape index (κ2) is 6.74. The van der Waals surface area contributed by atoms with Crippen LogP contribution in [0.4, 0.5) is 4.79 Å². The van der Waals surface area contributed by atoms with Crippen molar-refractivity contribution in [3.05, 3.63) is 39.6 Å². The minimum absolute atomic E-state index is 0.00458. The highest BCUT2D eigenvalue weighted by molar-refractivity contribution is 14.1. The van der Waals surface area contributed by atoms with Gasteiger partial charge in [-0.15, -0.1) is 0 Å². The molecule has 1 aromatic heterocycles. The lowest BCUT2D eigenvalue weighted by atomic mass is 10.1. The number of amides is 1. The smallest absolute Gasteiger partial charge is 0.410 e. The Bertz CT molecular complexity index is 719. The highest BCUT2D eigenvalue weighted by Gasteiger charge is 2.34. The van der Waals surface area contributed by atoms with Crippen LogP contribution in [-0.2, 0) is 4.74 Å². The summed E-state index contributed by atoms with van der Waals surface area (Å²) in [7, 11) is 0. The van der Waals surface area contributed by atoms with Crippen LogP contribution in [0.3, 0.4) is 0 Å². The zero-order chi connectivity index (χ0) is 17.3. The number of aromatic nitrogens is 2. The van der Waals surface area contributed by atoms with Gasteiger partial charge in [0.25, 0.3) is 0 Å². The molecule has 1 aliphatic rings. The number of nitrogens with zero attached hydrogens (tertiary/aromatic N) is 2. The number of hydrogen-bond donors (Lipinski definition) is 1. The number of benzene rings is 1. The van der Waals surface area contributed by atoms with E-state index in [0.717, 1.165) is 36.3 Å². The van der Waals surface area contributed by atoms with E-state index in [0.29, 0.717) is 0 Å². The zero-order valence-electron chi connectivity index (χ0n) is 14.2. The SMILES string of the molecule is CC(C)(C)OC(=O)N1CCC[C@@H]1c1cc(-c2ccc(I)cc2)n[nH]1. The summed E-state index contributed by atoms with van der Waals surface area (Å²) in [5.74, 6) is 0. The summed E-state index contributed by atoms with van der Waals surface area (Å²) in [4.78, 5) is 14.2. The Kier molecular flexibility index (Phi) is 4.85. The van der Waals surface area contributed by atoms with Crippen LogP contribution in [0.25, 0.3) is 11.3 Å². The summed E-state index contributed by atoms with van der Waals surface area (Å²) in [6, 6.07) is 10.3. The Balaban J connectivity index is 1.78. The molecule has 24 heavy (non-hydrogen) atoms. The summed E-state index contributed by atoms with van der Waals surface area (Å²) in [5.41, 5.74) is 2.45. The van der Waals surface area contributed by atoms with Gasteiger partial charge in [0.2, 0.25) is 0 Å². The molecule has 1 aromatic carbocycles. The maximum absolute atomic E-state index is 12.4. The molecular weight excluding hydrogens is 417 g/mol. The first kappa shape index (κ1) is 17.3. The summed E-state index contributed by atoms with van der Waals surface area (Å²) in [5, 5.41) is 7.53. The molecule has 0 saturated carbocycles. The van der Waals surface area contributed by atoms with Crippen LogP contribution in [0.2, 0.25) is 0 Å². The van der Waals surface area contributed by atoms with Crippen LogP contribution in [0.1, 0.15) is 45.3 Å². The minimum Gasteiger partial charge on any atom is -0.444 e. The molecular formula is C18H22IN3O2. The molecule has 1 aliphatic heterocycles. The van der Waals surface area contributed by atoms with Gasteiger partial charge >= 0.3 is 6.09 Å². The van der Waals surface area contributed by atoms with Gasteiger partial charge in [0.15, 0.2) is 0 Å². The first-order chi connectivity index (χ1) is 11.3. The number of likely N-dealkylation sites (tertiary alicyclic amines) is 1. The third-order valence-electron chi connectivity index (χ3n) is 3.98. The fourth-order valence-electron chi connectivity index (χ4n) is 2.90. The number of H-pyrrole nitrogens is 1. The van der Waals surface area contributed by atoms with E-state index in [1.54, 1.807) is 4.90 Å². The topological polar surface area (TPSA) is 58.2 Å². The number of nitrogens with one attached hydrogen (secondary N) is 1. The van der Waals surface area contributed by atoms with Crippen molar-refractivity contribution in [1.82, 2.24) is 15.1 Å². The normalized spacial score (nSPS) is 18.0. The Morgan fingerprint density at radius 1 is 1.33 bits per heavy atom. The Hall–Kier alpha value is -1.57. The lowest BCUT2D eigenvalue weighted by molar-refractivity contribution is 0.0221. The molecule has 1 fully saturated rings. The van der Waals surface area contributed by atoms with Gasteiger partial charge in [0, 0.05) is 15.7 Å². The molecule has 1 amide bonds. The second-order valence-electron chi connectivity index (χ2n) is 7.05. The quantitative estimate of drug-likeness (QED) is 0.687. The molecule has 0 spiro atoms. The van der Waals surface area contributed by atoms with Gasteiger partial charge < -0.3 is 4.74 Å². The maximum Gasteiger partial charge on any atom is 0.410 e. The number of carbonyl (C=O) groups is 1. The third-order valence-corrected chi connectivity index (χ3v) is 4.70. The van der Waals surface area contributed by atoms with Gasteiger partial charge in [-0.25, -0.2) is 4.79 Å². The molecule has 1 N–H and O–H groups in total. The van der Waals surface area contributed by atoms with Crippen molar-refractivity contribution in [1.29, 1.82) is 0 Å². The molecule has 0 unspecified atom stereocenters. The molecule has 5 nitrogen and oxygen atoms in total. The lowest BCUT2D eigenvalue weighted by Gasteiger charge is -2.28. The molecule has 0 bridgehead atoms. The molecule has 2 aromatic rings. The van der Waals surface area contributed by atoms with E-state index >= 15 is 0 Å². The number of rotatable bonds is 2. The standard InChI is InChI=1S/C18H22IN3O2/c1-18(2,3)24-17(23)22-10-4-5-16(22)15-11-14(20-21-15)12-6-8-13(19)9-7-12/h6-9,11,16H,4-5,10H2,1-3H3,(H,20,21)/t16-/m1/s1. The minimum atomic E-state index is -0.482. The fourth-order valence-corrected chi connectivity index (χ4v) is 3.26. The van der Waals surface area contributed by atoms with E-state index in [4.69, 9.17) is 4.74 Å². The molecule has 6 heteroatoms. The van der Waals surface area contributed by atoms with E-state index < -0.39 is 5.60 Å². The van der Waals surface area contributed by atoms with Crippen molar-refractivity contribution in [3.8, 4) is 11.3 Å². The van der Waals surface area contributed by atoms with Crippen molar-refractivity contribution < 1.29 is 9.53 Å². The van der Waals surface area contributed by atoms with Crippen molar-refractivity contribution in [2.45, 2.75) is 45.3 Å². The summed E-state index contributed by atoms with van der Waals surface area (Å²) in [6.45, 7) is 6.39. The number of carbonyl (C=O) groups excluding carboxylic acids is 1. The number of ether oxygens (including phenoxy) is 1. The molecule has 1 saturated heterocycles. The first-order valence-electron chi connectivity index (χ1n) is 8.14. The molecule has 2 heterocycles. The summed E-state index contributed by atoms with van der Waals surface area (Å²) >= 11 is 2.29. The predicted molar refractivity (Wildman–Crippen MR) is 102 cm³/mol. The highest BCUT2D eigenvalue weighted by Crippen LogP contribution is 2.33. The van der Waals surface area contributed by atoms with Crippen LogP contribution >= 0.6 is 22.6 Å². The Morgan fingerprint density at radius 3 is 2.71 bits per heavy atom. The van der Waals surface area contributed by atoms with E-state index in [2.05, 4.69) is 57.1 Å². The van der Waals surface area contributed by atoms with Gasteiger partial charge in [-0.3, -0.25) is 10.00 Å². The van der Waals surface area contributed by atoms with Gasteiger partial charge in [-0.2, -0.15) is 5.10 Å². The number of halogens is 1. The Labute approximate surface area is 155 Å². The highest BCUT2D eigenvalue weighted by atomic mass is 127. The van der Waals surface area contributed by atoms with E-state index in [1.165, 1.54) is 3.57 Å². The van der Waals surface area contributed by atoms with Crippen LogP contribution in [0, 0.1) is 3.57 Å². The molecule has 3 rings (SSSR count). The van der Waals surface area contributed by atoms with E-state index in [9.17, 15) is 4.79 Å². The third kappa shape index (κ3) is 3.91. The van der Waals surface area contributed by atoms with Gasteiger partial charge in [0.1, 0.15) is 5.60 Å². The summed E-state index contributed by atoms with van der Waals surface area (Å²) in [6.07, 6.45) is 1.64. The molecule has 1 atom stereocenters. The Morgan fingerprint density at radius 2 is 2.04 bits per heavy atom. The average Bonchev–Trinajstić information content (AvgIpc) is 3.15. The average molecular weight is 439 g/mol. The lowest BCUT2D eigenvalue weighted by Crippen LogP contribution is -2.36. The number of aromatic amines is 1. The van der Waals surface area contributed by atoms with Crippen molar-refractivity contribution in [2.75, 3.05) is 6.54 Å².